The Balaban J connectivity index is 3.05. The van der Waals surface area contributed by atoms with Gasteiger partial charge in [0, 0.05) is 11.7 Å². The van der Waals surface area contributed by atoms with Crippen molar-refractivity contribution in [2.45, 2.75) is 46.6 Å². The summed E-state index contributed by atoms with van der Waals surface area (Å²) in [7, 11) is 0. The van der Waals surface area contributed by atoms with Crippen LogP contribution in [0.4, 0.5) is 0 Å². The zero-order chi connectivity index (χ0) is 11.4. The second-order valence-electron chi connectivity index (χ2n) is 4.59. The summed E-state index contributed by atoms with van der Waals surface area (Å²) >= 11 is 0. The molecule has 1 aromatic heterocycles. The molecule has 0 aliphatic heterocycles. The quantitative estimate of drug-likeness (QED) is 0.678. The molecule has 0 aromatic carbocycles. The van der Waals surface area contributed by atoms with Gasteiger partial charge in [-0.3, -0.25) is 4.79 Å². The van der Waals surface area contributed by atoms with Crippen LogP contribution in [0.2, 0.25) is 0 Å². The molecule has 15 heavy (non-hydrogen) atoms. The van der Waals surface area contributed by atoms with Crippen LogP contribution < -0.4 is 0 Å². The molecule has 0 amide bonds. The van der Waals surface area contributed by atoms with Crippen LogP contribution in [0.1, 0.15) is 56.3 Å². The molecule has 0 fully saturated rings. The molecule has 84 valence electrons. The lowest BCUT2D eigenvalue weighted by Gasteiger charge is -2.18. The van der Waals surface area contributed by atoms with Gasteiger partial charge in [-0.25, -0.2) is 0 Å². The first kappa shape index (κ1) is 12.0. The predicted molar refractivity (Wildman–Crippen MR) is 63.4 cm³/mol. The number of rotatable bonds is 5. The van der Waals surface area contributed by atoms with Crippen LogP contribution in [0.5, 0.6) is 0 Å². The minimum Gasteiger partial charge on any atom is -0.340 e. The molecule has 1 heterocycles. The normalized spacial score (nSPS) is 13.1. The molecule has 0 saturated heterocycles. The van der Waals surface area contributed by atoms with Crippen LogP contribution in [0.3, 0.4) is 0 Å². The van der Waals surface area contributed by atoms with Crippen molar-refractivity contribution in [3.8, 4) is 0 Å². The molecule has 0 aliphatic carbocycles. The van der Waals surface area contributed by atoms with E-state index in [-0.39, 0.29) is 0 Å². The van der Waals surface area contributed by atoms with Crippen molar-refractivity contribution in [3.63, 3.8) is 0 Å². The highest BCUT2D eigenvalue weighted by Gasteiger charge is 2.12. The van der Waals surface area contributed by atoms with E-state index >= 15 is 0 Å². The van der Waals surface area contributed by atoms with Crippen LogP contribution in [-0.4, -0.2) is 10.9 Å². The van der Waals surface area contributed by atoms with Crippen molar-refractivity contribution in [2.75, 3.05) is 0 Å². The molecule has 0 N–H and O–H groups in total. The average molecular weight is 207 g/mol. The summed E-state index contributed by atoms with van der Waals surface area (Å²) in [5, 5.41) is 0. The molecule has 2 nitrogen and oxygen atoms in total. The molecule has 0 spiro atoms. The van der Waals surface area contributed by atoms with Crippen molar-refractivity contribution < 1.29 is 4.79 Å². The molecule has 1 aromatic rings. The van der Waals surface area contributed by atoms with Gasteiger partial charge in [0.2, 0.25) is 0 Å². The van der Waals surface area contributed by atoms with E-state index in [4.69, 9.17) is 0 Å². The number of carbonyl (C=O) groups excluding carboxylic acids is 1. The molecule has 1 rings (SSSR count). The second kappa shape index (κ2) is 5.15. The molecule has 0 bridgehead atoms. The van der Waals surface area contributed by atoms with E-state index in [9.17, 15) is 4.79 Å². The van der Waals surface area contributed by atoms with Crippen molar-refractivity contribution in [3.05, 3.63) is 23.5 Å². The van der Waals surface area contributed by atoms with Crippen LogP contribution in [-0.2, 0) is 6.42 Å². The van der Waals surface area contributed by atoms with Crippen LogP contribution in [0, 0.1) is 5.92 Å². The largest absolute Gasteiger partial charge is 0.340 e. The third kappa shape index (κ3) is 2.71. The van der Waals surface area contributed by atoms with Crippen LogP contribution in [0.15, 0.2) is 12.1 Å². The lowest BCUT2D eigenvalue weighted by Crippen LogP contribution is -2.12. The number of aromatic nitrogens is 1. The van der Waals surface area contributed by atoms with E-state index in [1.54, 1.807) is 0 Å². The van der Waals surface area contributed by atoms with Crippen molar-refractivity contribution in [1.82, 2.24) is 4.57 Å². The fraction of sp³-hybridized carbons (Fsp3) is 0.615. The Morgan fingerprint density at radius 3 is 2.47 bits per heavy atom. The molecule has 2 heteroatoms. The first-order valence-corrected chi connectivity index (χ1v) is 5.75. The van der Waals surface area contributed by atoms with Gasteiger partial charge in [0.15, 0.2) is 6.29 Å². The van der Waals surface area contributed by atoms with Gasteiger partial charge in [-0.2, -0.15) is 0 Å². The lowest BCUT2D eigenvalue weighted by molar-refractivity contribution is 0.111. The van der Waals surface area contributed by atoms with Gasteiger partial charge in [-0.15, -0.1) is 0 Å². The fourth-order valence-corrected chi connectivity index (χ4v) is 1.91. The Morgan fingerprint density at radius 2 is 2.00 bits per heavy atom. The van der Waals surface area contributed by atoms with E-state index in [0.29, 0.717) is 12.0 Å². The van der Waals surface area contributed by atoms with Crippen LogP contribution in [0.25, 0.3) is 0 Å². The zero-order valence-corrected chi connectivity index (χ0v) is 10.2. The topological polar surface area (TPSA) is 22.0 Å². The maximum atomic E-state index is 10.9. The molecular formula is C13H21NO. The summed E-state index contributed by atoms with van der Waals surface area (Å²) in [6.45, 7) is 8.72. The summed E-state index contributed by atoms with van der Waals surface area (Å²) in [6.07, 6.45) is 3.05. The van der Waals surface area contributed by atoms with Crippen LogP contribution >= 0.6 is 0 Å². The highest BCUT2D eigenvalue weighted by molar-refractivity contribution is 5.72. The predicted octanol–water partition coefficient (Wildman–Crippen LogP) is 3.47. The van der Waals surface area contributed by atoms with Gasteiger partial charge in [0.25, 0.3) is 0 Å². The SMILES string of the molecule is CC[C@@H](C)n1c(C=O)ccc1CC(C)C. The Bertz CT molecular complexity index is 325. The Labute approximate surface area is 92.3 Å². The standard InChI is InChI=1S/C13H21NO/c1-5-11(4)14-12(8-10(2)3)6-7-13(14)9-15/h6-7,9-11H,5,8H2,1-4H3/t11-/m1/s1. The van der Waals surface area contributed by atoms with E-state index in [0.717, 1.165) is 24.8 Å². The minimum absolute atomic E-state index is 0.411. The highest BCUT2D eigenvalue weighted by atomic mass is 16.1. The zero-order valence-electron chi connectivity index (χ0n) is 10.2. The van der Waals surface area contributed by atoms with E-state index in [1.807, 2.05) is 6.07 Å². The second-order valence-corrected chi connectivity index (χ2v) is 4.59. The number of hydrogen-bond donors (Lipinski definition) is 0. The van der Waals surface area contributed by atoms with E-state index in [2.05, 4.69) is 38.3 Å². The van der Waals surface area contributed by atoms with E-state index < -0.39 is 0 Å². The number of nitrogens with zero attached hydrogens (tertiary/aromatic N) is 1. The van der Waals surface area contributed by atoms with Gasteiger partial charge in [0.1, 0.15) is 0 Å². The molecule has 0 aliphatic rings. The Morgan fingerprint density at radius 1 is 1.33 bits per heavy atom. The maximum absolute atomic E-state index is 10.9. The first-order chi connectivity index (χ1) is 7.10. The van der Waals surface area contributed by atoms with Gasteiger partial charge >= 0.3 is 0 Å². The first-order valence-electron chi connectivity index (χ1n) is 5.75. The Kier molecular flexibility index (Phi) is 4.13. The van der Waals surface area contributed by atoms with Gasteiger partial charge in [0.05, 0.1) is 5.69 Å². The fourth-order valence-electron chi connectivity index (χ4n) is 1.91. The summed E-state index contributed by atoms with van der Waals surface area (Å²) in [5.41, 5.74) is 2.08. The van der Waals surface area contributed by atoms with Gasteiger partial charge in [-0.1, -0.05) is 20.8 Å². The molecule has 0 radical (unpaired) electrons. The highest BCUT2D eigenvalue weighted by Crippen LogP contribution is 2.20. The number of carbonyl (C=O) groups is 1. The minimum atomic E-state index is 0.411. The third-order valence-electron chi connectivity index (χ3n) is 2.80. The lowest BCUT2D eigenvalue weighted by atomic mass is 10.1. The average Bonchev–Trinajstić information content (AvgIpc) is 2.58. The summed E-state index contributed by atoms with van der Waals surface area (Å²) < 4.78 is 2.17. The molecule has 0 saturated carbocycles. The number of aldehydes is 1. The summed E-state index contributed by atoms with van der Waals surface area (Å²) in [6, 6.07) is 4.42. The van der Waals surface area contributed by atoms with Gasteiger partial charge in [-0.05, 0) is 37.8 Å². The van der Waals surface area contributed by atoms with Crippen molar-refractivity contribution >= 4 is 6.29 Å². The smallest absolute Gasteiger partial charge is 0.166 e. The summed E-state index contributed by atoms with van der Waals surface area (Å²) in [5.74, 6) is 0.627. The van der Waals surface area contributed by atoms with Gasteiger partial charge < -0.3 is 4.57 Å². The van der Waals surface area contributed by atoms with E-state index in [1.165, 1.54) is 5.69 Å². The third-order valence-corrected chi connectivity index (χ3v) is 2.80. The summed E-state index contributed by atoms with van der Waals surface area (Å²) in [4.78, 5) is 10.9. The number of hydrogen-bond acceptors (Lipinski definition) is 1. The molecular weight excluding hydrogens is 186 g/mol. The van der Waals surface area contributed by atoms with Crippen molar-refractivity contribution in [2.24, 2.45) is 5.92 Å². The van der Waals surface area contributed by atoms with Crippen molar-refractivity contribution in [1.29, 1.82) is 0 Å². The maximum Gasteiger partial charge on any atom is 0.166 e. The monoisotopic (exact) mass is 207 g/mol. The molecule has 1 atom stereocenters. The Hall–Kier alpha value is -1.05. The molecule has 0 unspecified atom stereocenters.